The molecule has 5 N–H and O–H groups in total. The summed E-state index contributed by atoms with van der Waals surface area (Å²) < 4.78 is 129. The van der Waals surface area contributed by atoms with E-state index in [0.29, 0.717) is 18.5 Å². The van der Waals surface area contributed by atoms with Crippen LogP contribution in [-0.2, 0) is 32.1 Å². The van der Waals surface area contributed by atoms with Gasteiger partial charge in [-0.1, -0.05) is 12.1 Å². The highest BCUT2D eigenvalue weighted by molar-refractivity contribution is 5.94. The second-order valence-corrected chi connectivity index (χ2v) is 11.8. The molecule has 1 saturated heterocycles. The van der Waals surface area contributed by atoms with E-state index in [0.717, 1.165) is 49.0 Å². The predicted octanol–water partition coefficient (Wildman–Crippen LogP) is 4.51. The monoisotopic (exact) mass is 912 g/mol. The normalized spacial score (nSPS) is 14.5. The lowest BCUT2D eigenvalue weighted by molar-refractivity contribution is -0.193. The molecule has 62 heavy (non-hydrogen) atoms. The maximum atomic E-state index is 12.8. The van der Waals surface area contributed by atoms with Gasteiger partial charge in [-0.2, -0.15) is 52.7 Å². The van der Waals surface area contributed by atoms with Gasteiger partial charge in [0.05, 0.1) is 17.3 Å². The maximum Gasteiger partial charge on any atom is 0.490 e. The number of halogens is 12. The number of aromatic nitrogens is 5. The molecule has 342 valence electrons. The first-order chi connectivity index (χ1) is 28.4. The molecule has 1 unspecified atom stereocenters. The standard InChI is InChI=1S/C25H28N8O.4C2HF3O2/c1-31-14-15-32(17-21-7-3-5-12-27-21)18-22(31)24-30-29-23-9-8-19(16-33(23)24)25(34)28-13-10-20-6-2-4-11-26-20;4*3-2(4,5)1(6)7/h2-9,11-12,16,22H,10,13-15,17-18H2,1H3,(H,28,34);4*(H,6,7). The number of hydrogen-bond acceptors (Lipinski definition) is 11. The Morgan fingerprint density at radius 1 is 0.661 bits per heavy atom. The third kappa shape index (κ3) is 19.6. The van der Waals surface area contributed by atoms with Crippen molar-refractivity contribution in [3.05, 3.63) is 89.9 Å². The Kier molecular flexibility index (Phi) is 20.1. The van der Waals surface area contributed by atoms with Crippen LogP contribution < -0.4 is 5.32 Å². The smallest absolute Gasteiger partial charge is 0.475 e. The summed E-state index contributed by atoms with van der Waals surface area (Å²) in [7, 11) is 2.11. The number of nitrogens with zero attached hydrogens (tertiary/aromatic N) is 7. The van der Waals surface area contributed by atoms with Crippen molar-refractivity contribution >= 4 is 35.4 Å². The van der Waals surface area contributed by atoms with Crippen molar-refractivity contribution in [1.29, 1.82) is 0 Å². The van der Waals surface area contributed by atoms with E-state index >= 15 is 0 Å². The van der Waals surface area contributed by atoms with E-state index < -0.39 is 48.6 Å². The minimum absolute atomic E-state index is 0.0647. The summed E-state index contributed by atoms with van der Waals surface area (Å²) in [4.78, 5) is 61.8. The molecule has 0 saturated carbocycles. The number of aliphatic carboxylic acids is 4. The molecular formula is C33H32F12N8O9. The SMILES string of the molecule is CN1CCN(Cc2ccccn2)CC1c1nnc2ccc(C(=O)NCCc3ccccn3)cn12.O=C(O)C(F)(F)F.O=C(O)C(F)(F)F.O=C(O)C(F)(F)F.O=C(O)C(F)(F)F. The topological polar surface area (TPSA) is 241 Å². The zero-order chi connectivity index (χ0) is 47.6. The molecule has 1 aliphatic heterocycles. The summed E-state index contributed by atoms with van der Waals surface area (Å²) in [5.41, 5.74) is 3.32. The van der Waals surface area contributed by atoms with E-state index in [1.807, 2.05) is 53.2 Å². The number of amides is 1. The van der Waals surface area contributed by atoms with Gasteiger partial charge in [0.15, 0.2) is 11.5 Å². The van der Waals surface area contributed by atoms with E-state index in [1.165, 1.54) is 0 Å². The van der Waals surface area contributed by atoms with Gasteiger partial charge in [-0.3, -0.25) is 29.0 Å². The number of rotatable bonds is 7. The van der Waals surface area contributed by atoms with Crippen LogP contribution in [0.4, 0.5) is 52.7 Å². The highest BCUT2D eigenvalue weighted by Crippen LogP contribution is 2.25. The largest absolute Gasteiger partial charge is 0.490 e. The Balaban J connectivity index is 0.000000556. The van der Waals surface area contributed by atoms with E-state index in [1.54, 1.807) is 12.3 Å². The van der Waals surface area contributed by atoms with Gasteiger partial charge in [0, 0.05) is 63.4 Å². The second-order valence-electron chi connectivity index (χ2n) is 11.8. The number of nitrogens with one attached hydrogen (secondary N) is 1. The number of pyridine rings is 3. The first-order valence-corrected chi connectivity index (χ1v) is 16.5. The summed E-state index contributed by atoms with van der Waals surface area (Å²) in [6.45, 7) is 4.02. The summed E-state index contributed by atoms with van der Waals surface area (Å²) in [5.74, 6) is -10.3. The third-order valence-corrected chi connectivity index (χ3v) is 7.20. The van der Waals surface area contributed by atoms with E-state index in [4.69, 9.17) is 39.6 Å². The second kappa shape index (κ2) is 23.4. The summed E-state index contributed by atoms with van der Waals surface area (Å²) in [6.07, 6.45) is -14.2. The fraction of sp³-hybridized carbons (Fsp3) is 0.364. The summed E-state index contributed by atoms with van der Waals surface area (Å²) in [6, 6.07) is 15.5. The van der Waals surface area contributed by atoms with Crippen LogP contribution in [-0.4, -0.2) is 143 Å². The van der Waals surface area contributed by atoms with E-state index in [2.05, 4.69) is 48.4 Å². The van der Waals surface area contributed by atoms with Gasteiger partial charge in [-0.25, -0.2) is 19.2 Å². The lowest BCUT2D eigenvalue weighted by Crippen LogP contribution is -2.46. The Bertz CT molecular complexity index is 1970. The zero-order valence-corrected chi connectivity index (χ0v) is 31.2. The van der Waals surface area contributed by atoms with Crippen molar-refractivity contribution in [2.75, 3.05) is 33.2 Å². The molecule has 1 aliphatic rings. The summed E-state index contributed by atoms with van der Waals surface area (Å²) in [5, 5.41) is 40.3. The molecule has 0 bridgehead atoms. The van der Waals surface area contributed by atoms with Crippen LogP contribution in [0.1, 0.15) is 33.6 Å². The average molecular weight is 913 g/mol. The molecule has 5 heterocycles. The highest BCUT2D eigenvalue weighted by Gasteiger charge is 2.40. The van der Waals surface area contributed by atoms with Gasteiger partial charge in [0.1, 0.15) is 0 Å². The van der Waals surface area contributed by atoms with Crippen LogP contribution in [0.5, 0.6) is 0 Å². The number of carbonyl (C=O) groups is 5. The van der Waals surface area contributed by atoms with Gasteiger partial charge in [-0.15, -0.1) is 10.2 Å². The van der Waals surface area contributed by atoms with E-state index in [-0.39, 0.29) is 11.9 Å². The van der Waals surface area contributed by atoms with Crippen LogP contribution in [0, 0.1) is 0 Å². The van der Waals surface area contributed by atoms with Crippen molar-refractivity contribution < 1.29 is 97.1 Å². The minimum Gasteiger partial charge on any atom is -0.475 e. The van der Waals surface area contributed by atoms with Crippen LogP contribution in [0.25, 0.3) is 5.65 Å². The molecule has 0 radical (unpaired) electrons. The highest BCUT2D eigenvalue weighted by atomic mass is 19.4. The van der Waals surface area contributed by atoms with Gasteiger partial charge in [0.25, 0.3) is 5.91 Å². The van der Waals surface area contributed by atoms with Gasteiger partial charge < -0.3 is 25.7 Å². The van der Waals surface area contributed by atoms with Crippen LogP contribution >= 0.6 is 0 Å². The number of hydrogen-bond donors (Lipinski definition) is 5. The van der Waals surface area contributed by atoms with Crippen molar-refractivity contribution in [3.8, 4) is 0 Å². The molecule has 1 atom stereocenters. The molecule has 0 aromatic carbocycles. The Morgan fingerprint density at radius 3 is 1.53 bits per heavy atom. The maximum absolute atomic E-state index is 12.8. The molecule has 1 fully saturated rings. The Morgan fingerprint density at radius 2 is 1.11 bits per heavy atom. The number of likely N-dealkylation sites (N-methyl/N-ethyl adjacent to an activating group) is 1. The average Bonchev–Trinajstić information content (AvgIpc) is 3.59. The zero-order valence-electron chi connectivity index (χ0n) is 31.2. The molecule has 0 spiro atoms. The van der Waals surface area contributed by atoms with Crippen molar-refractivity contribution in [3.63, 3.8) is 0 Å². The van der Waals surface area contributed by atoms with E-state index in [9.17, 15) is 57.5 Å². The lowest BCUT2D eigenvalue weighted by atomic mass is 10.1. The number of carboxylic acids is 4. The first kappa shape index (κ1) is 53.4. The molecule has 17 nitrogen and oxygen atoms in total. The predicted molar refractivity (Wildman–Crippen MR) is 183 cm³/mol. The molecule has 4 aromatic rings. The fourth-order valence-electron chi connectivity index (χ4n) is 4.30. The van der Waals surface area contributed by atoms with Gasteiger partial charge >= 0.3 is 48.6 Å². The summed E-state index contributed by atoms with van der Waals surface area (Å²) >= 11 is 0. The molecule has 5 rings (SSSR count). The number of carboxylic acid groups (broad SMARTS) is 4. The quantitative estimate of drug-likeness (QED) is 0.160. The third-order valence-electron chi connectivity index (χ3n) is 7.20. The lowest BCUT2D eigenvalue weighted by Gasteiger charge is -2.38. The molecule has 0 aliphatic carbocycles. The Labute approximate surface area is 339 Å². The molecule has 4 aromatic heterocycles. The number of carbonyl (C=O) groups excluding carboxylic acids is 1. The fourth-order valence-corrected chi connectivity index (χ4v) is 4.30. The number of fused-ring (bicyclic) bond motifs is 1. The van der Waals surface area contributed by atoms with Crippen molar-refractivity contribution in [2.45, 2.75) is 43.7 Å². The number of alkyl halides is 12. The van der Waals surface area contributed by atoms with Crippen LogP contribution in [0.3, 0.4) is 0 Å². The van der Waals surface area contributed by atoms with Gasteiger partial charge in [0.2, 0.25) is 0 Å². The number of piperazine rings is 1. The van der Waals surface area contributed by atoms with Gasteiger partial charge in [-0.05, 0) is 43.4 Å². The molecule has 29 heteroatoms. The van der Waals surface area contributed by atoms with Crippen molar-refractivity contribution in [1.82, 2.24) is 39.7 Å². The molecular weight excluding hydrogens is 880 g/mol. The van der Waals surface area contributed by atoms with Crippen LogP contribution in [0.2, 0.25) is 0 Å². The molecule has 1 amide bonds. The van der Waals surface area contributed by atoms with Crippen molar-refractivity contribution in [2.24, 2.45) is 0 Å². The first-order valence-electron chi connectivity index (χ1n) is 16.5. The Hall–Kier alpha value is -6.65. The minimum atomic E-state index is -5.08. The van der Waals surface area contributed by atoms with Crippen LogP contribution in [0.15, 0.2) is 67.1 Å².